The van der Waals surface area contributed by atoms with E-state index in [0.717, 1.165) is 36.7 Å². The second-order valence-corrected chi connectivity index (χ2v) is 6.33. The number of carbonyl (C=O) groups excluding carboxylic acids is 2. The highest BCUT2D eigenvalue weighted by atomic mass is 32.2. The third-order valence-electron chi connectivity index (χ3n) is 3.10. The monoisotopic (exact) mass is 362 g/mol. The lowest BCUT2D eigenvalue weighted by molar-refractivity contribution is -0.137. The van der Waals surface area contributed by atoms with Gasteiger partial charge in [0.1, 0.15) is 6.04 Å². The van der Waals surface area contributed by atoms with Gasteiger partial charge < -0.3 is 10.6 Å². The van der Waals surface area contributed by atoms with Crippen molar-refractivity contribution < 1.29 is 22.8 Å². The van der Waals surface area contributed by atoms with Crippen LogP contribution in [0.25, 0.3) is 0 Å². The second-order valence-electron chi connectivity index (χ2n) is 5.23. The van der Waals surface area contributed by atoms with Crippen molar-refractivity contribution in [2.24, 2.45) is 0 Å². The second kappa shape index (κ2) is 9.56. The molecule has 1 unspecified atom stereocenters. The highest BCUT2D eigenvalue weighted by molar-refractivity contribution is 7.99. The number of carbonyl (C=O) groups is 2. The van der Waals surface area contributed by atoms with Gasteiger partial charge in [0.2, 0.25) is 11.8 Å². The van der Waals surface area contributed by atoms with Crippen molar-refractivity contribution in [3.05, 3.63) is 29.8 Å². The van der Waals surface area contributed by atoms with E-state index in [2.05, 4.69) is 10.6 Å². The highest BCUT2D eigenvalue weighted by Crippen LogP contribution is 2.32. The van der Waals surface area contributed by atoms with Crippen LogP contribution in [0.3, 0.4) is 0 Å². The molecular formula is C16H21F3N2O2S. The van der Waals surface area contributed by atoms with E-state index in [-0.39, 0.29) is 17.6 Å². The van der Waals surface area contributed by atoms with Crippen LogP contribution in [0.5, 0.6) is 0 Å². The van der Waals surface area contributed by atoms with Crippen LogP contribution in [0.2, 0.25) is 0 Å². The summed E-state index contributed by atoms with van der Waals surface area (Å²) >= 11 is 1.09. The fraction of sp³-hybridized carbons (Fsp3) is 0.500. The number of hydrogen-bond donors (Lipinski definition) is 2. The number of amides is 2. The largest absolute Gasteiger partial charge is 0.416 e. The van der Waals surface area contributed by atoms with Crippen LogP contribution < -0.4 is 10.6 Å². The van der Waals surface area contributed by atoms with Crippen LogP contribution in [0, 0.1) is 0 Å². The van der Waals surface area contributed by atoms with Gasteiger partial charge in [0.05, 0.1) is 5.56 Å². The number of thioether (sulfide) groups is 1. The van der Waals surface area contributed by atoms with E-state index < -0.39 is 17.8 Å². The Hall–Kier alpha value is -1.70. The number of benzene rings is 1. The van der Waals surface area contributed by atoms with E-state index in [0.29, 0.717) is 11.4 Å². The number of hydrogen-bond acceptors (Lipinski definition) is 3. The molecule has 0 fully saturated rings. The zero-order valence-corrected chi connectivity index (χ0v) is 14.4. The SMILES string of the molecule is CCCCNC(=O)C(CSc1cccc(C(F)(F)F)c1)NC(C)=O. The van der Waals surface area contributed by atoms with Gasteiger partial charge in [0.25, 0.3) is 0 Å². The molecule has 1 rings (SSSR count). The van der Waals surface area contributed by atoms with E-state index in [4.69, 9.17) is 0 Å². The fourth-order valence-corrected chi connectivity index (χ4v) is 2.86. The third kappa shape index (κ3) is 7.25. The fourth-order valence-electron chi connectivity index (χ4n) is 1.88. The minimum atomic E-state index is -4.41. The van der Waals surface area contributed by atoms with E-state index in [9.17, 15) is 22.8 Å². The third-order valence-corrected chi connectivity index (χ3v) is 4.19. The quantitative estimate of drug-likeness (QED) is 0.551. The summed E-state index contributed by atoms with van der Waals surface area (Å²) in [6, 6.07) is 4.09. The predicted octanol–water partition coefficient (Wildman–Crippen LogP) is 3.22. The maximum absolute atomic E-state index is 12.7. The zero-order valence-electron chi connectivity index (χ0n) is 13.6. The van der Waals surface area contributed by atoms with Crippen molar-refractivity contribution in [2.45, 2.75) is 43.8 Å². The Morgan fingerprint density at radius 1 is 1.29 bits per heavy atom. The topological polar surface area (TPSA) is 58.2 Å². The number of nitrogens with one attached hydrogen (secondary N) is 2. The number of alkyl halides is 3. The van der Waals surface area contributed by atoms with Crippen LogP contribution in [0.4, 0.5) is 13.2 Å². The first-order valence-corrected chi connectivity index (χ1v) is 8.57. The number of unbranched alkanes of at least 4 members (excludes halogenated alkanes) is 1. The summed E-state index contributed by atoms with van der Waals surface area (Å²) in [6.07, 6.45) is -2.67. The van der Waals surface area contributed by atoms with E-state index >= 15 is 0 Å². The number of halogens is 3. The van der Waals surface area contributed by atoms with Crippen LogP contribution in [0.15, 0.2) is 29.2 Å². The summed E-state index contributed by atoms with van der Waals surface area (Å²) in [5, 5.41) is 5.24. The van der Waals surface area contributed by atoms with Crippen molar-refractivity contribution in [2.75, 3.05) is 12.3 Å². The summed E-state index contributed by atoms with van der Waals surface area (Å²) in [5.41, 5.74) is -0.740. The molecule has 1 atom stereocenters. The Bertz CT molecular complexity index is 564. The summed E-state index contributed by atoms with van der Waals surface area (Å²) in [4.78, 5) is 23.7. The first kappa shape index (κ1) is 20.3. The standard InChI is InChI=1S/C16H21F3N2O2S/c1-3-4-8-20-15(23)14(21-11(2)22)10-24-13-7-5-6-12(9-13)16(17,18)19/h5-7,9,14H,3-4,8,10H2,1-2H3,(H,20,23)(H,21,22). The first-order valence-electron chi connectivity index (χ1n) is 7.59. The maximum Gasteiger partial charge on any atom is 0.416 e. The minimum Gasteiger partial charge on any atom is -0.354 e. The molecule has 2 amide bonds. The normalized spacial score (nSPS) is 12.5. The molecule has 1 aromatic rings. The van der Waals surface area contributed by atoms with Crippen LogP contribution in [0.1, 0.15) is 32.3 Å². The Balaban J connectivity index is 2.70. The van der Waals surface area contributed by atoms with Gasteiger partial charge in [-0.25, -0.2) is 0 Å². The lowest BCUT2D eigenvalue weighted by Gasteiger charge is -2.17. The van der Waals surface area contributed by atoms with Gasteiger partial charge in [-0.1, -0.05) is 19.4 Å². The molecule has 0 aliphatic heterocycles. The molecule has 24 heavy (non-hydrogen) atoms. The molecule has 134 valence electrons. The highest BCUT2D eigenvalue weighted by Gasteiger charge is 2.30. The zero-order chi connectivity index (χ0) is 18.2. The number of rotatable bonds is 8. The average Bonchev–Trinajstić information content (AvgIpc) is 2.50. The van der Waals surface area contributed by atoms with Gasteiger partial charge in [-0.05, 0) is 24.6 Å². The molecule has 0 saturated heterocycles. The van der Waals surface area contributed by atoms with Crippen LogP contribution >= 0.6 is 11.8 Å². The van der Waals surface area contributed by atoms with Crippen molar-refractivity contribution >= 4 is 23.6 Å². The maximum atomic E-state index is 12.7. The van der Waals surface area contributed by atoms with E-state index in [1.807, 2.05) is 6.92 Å². The molecule has 0 aliphatic rings. The van der Waals surface area contributed by atoms with Gasteiger partial charge in [0, 0.05) is 24.1 Å². The minimum absolute atomic E-state index is 0.152. The summed E-state index contributed by atoms with van der Waals surface area (Å²) < 4.78 is 38.1. The van der Waals surface area contributed by atoms with Gasteiger partial charge in [-0.3, -0.25) is 9.59 Å². The Morgan fingerprint density at radius 3 is 2.58 bits per heavy atom. The van der Waals surface area contributed by atoms with Crippen molar-refractivity contribution in [1.29, 1.82) is 0 Å². The molecule has 0 aromatic heterocycles. The van der Waals surface area contributed by atoms with Gasteiger partial charge in [-0.15, -0.1) is 11.8 Å². The van der Waals surface area contributed by atoms with Crippen LogP contribution in [-0.2, 0) is 15.8 Å². The Labute approximate surface area is 143 Å². The summed E-state index contributed by atoms with van der Waals surface area (Å²) in [7, 11) is 0. The van der Waals surface area contributed by atoms with Crippen molar-refractivity contribution in [1.82, 2.24) is 10.6 Å². The van der Waals surface area contributed by atoms with Gasteiger partial charge in [-0.2, -0.15) is 13.2 Å². The molecule has 8 heteroatoms. The van der Waals surface area contributed by atoms with Gasteiger partial charge in [0.15, 0.2) is 0 Å². The molecule has 0 saturated carbocycles. The molecule has 2 N–H and O–H groups in total. The summed E-state index contributed by atoms with van der Waals surface area (Å²) in [5.74, 6) is -0.549. The Kier molecular flexibility index (Phi) is 8.10. The Morgan fingerprint density at radius 2 is 2.00 bits per heavy atom. The molecule has 0 radical (unpaired) electrons. The molecule has 4 nitrogen and oxygen atoms in total. The lowest BCUT2D eigenvalue weighted by atomic mass is 10.2. The first-order chi connectivity index (χ1) is 11.2. The average molecular weight is 362 g/mol. The predicted molar refractivity (Wildman–Crippen MR) is 87.7 cm³/mol. The van der Waals surface area contributed by atoms with Crippen molar-refractivity contribution in [3.63, 3.8) is 0 Å². The van der Waals surface area contributed by atoms with E-state index in [1.54, 1.807) is 6.07 Å². The lowest BCUT2D eigenvalue weighted by Crippen LogP contribution is -2.47. The molecule has 1 aromatic carbocycles. The molecule has 0 heterocycles. The molecular weight excluding hydrogens is 341 g/mol. The van der Waals surface area contributed by atoms with Gasteiger partial charge >= 0.3 is 6.18 Å². The molecule has 0 bridgehead atoms. The smallest absolute Gasteiger partial charge is 0.354 e. The van der Waals surface area contributed by atoms with Crippen molar-refractivity contribution in [3.8, 4) is 0 Å². The van der Waals surface area contributed by atoms with E-state index in [1.165, 1.54) is 13.0 Å². The summed E-state index contributed by atoms with van der Waals surface area (Å²) in [6.45, 7) is 3.78. The molecule has 0 aliphatic carbocycles. The van der Waals surface area contributed by atoms with Crippen LogP contribution in [-0.4, -0.2) is 30.2 Å². The molecule has 0 spiro atoms.